The summed E-state index contributed by atoms with van der Waals surface area (Å²) in [6.07, 6.45) is -1.13. The summed E-state index contributed by atoms with van der Waals surface area (Å²) in [5.74, 6) is -0.288. The monoisotopic (exact) mass is 402 g/mol. The number of benzene rings is 2. The number of aromatic nitrogens is 2. The van der Waals surface area contributed by atoms with Crippen LogP contribution in [-0.2, 0) is 12.6 Å². The van der Waals surface area contributed by atoms with Gasteiger partial charge in [-0.15, -0.1) is 0 Å². The number of hydrogen-bond acceptors (Lipinski definition) is 3. The van der Waals surface area contributed by atoms with E-state index in [2.05, 4.69) is 20.8 Å². The minimum atomic E-state index is -4.43. The maximum absolute atomic E-state index is 12.9. The fourth-order valence-electron chi connectivity index (χ4n) is 2.92. The van der Waals surface area contributed by atoms with Crippen LogP contribution in [-0.4, -0.2) is 22.6 Å². The summed E-state index contributed by atoms with van der Waals surface area (Å²) in [6.45, 7) is 2.41. The number of amides is 1. The van der Waals surface area contributed by atoms with Crippen molar-refractivity contribution in [3.63, 3.8) is 0 Å². The van der Waals surface area contributed by atoms with E-state index in [-0.39, 0.29) is 11.6 Å². The smallest absolute Gasteiger partial charge is 0.355 e. The molecule has 1 aromatic heterocycles. The first-order valence-corrected chi connectivity index (χ1v) is 9.15. The number of para-hydroxylation sites is 1. The third-order valence-corrected chi connectivity index (χ3v) is 4.48. The molecule has 0 saturated heterocycles. The zero-order chi connectivity index (χ0) is 20.9. The van der Waals surface area contributed by atoms with Crippen LogP contribution in [0.4, 0.5) is 24.5 Å². The molecule has 0 unspecified atom stereocenters. The summed E-state index contributed by atoms with van der Waals surface area (Å²) in [4.78, 5) is 12.6. The summed E-state index contributed by atoms with van der Waals surface area (Å²) in [6, 6.07) is 11.6. The number of hydrogen-bond donors (Lipinski definition) is 3. The molecule has 152 valence electrons. The molecule has 3 N–H and O–H groups in total. The van der Waals surface area contributed by atoms with Crippen molar-refractivity contribution in [3.05, 3.63) is 77.1 Å². The minimum Gasteiger partial charge on any atom is -0.355 e. The second-order valence-electron chi connectivity index (χ2n) is 6.63. The van der Waals surface area contributed by atoms with E-state index in [1.165, 1.54) is 12.1 Å². The Morgan fingerprint density at radius 2 is 1.93 bits per heavy atom. The largest absolute Gasteiger partial charge is 0.416 e. The Balaban J connectivity index is 1.64. The molecule has 8 heteroatoms. The summed E-state index contributed by atoms with van der Waals surface area (Å²) in [7, 11) is 0. The summed E-state index contributed by atoms with van der Waals surface area (Å²) >= 11 is 0. The van der Waals surface area contributed by atoms with Crippen LogP contribution in [0, 0.1) is 6.92 Å². The topological polar surface area (TPSA) is 69.8 Å². The SMILES string of the molecule is Cc1[nH]ncc1CCCNC(=O)c1ccccc1Nc1cccc(C(F)(F)F)c1. The molecule has 3 rings (SSSR count). The number of aromatic amines is 1. The number of carbonyl (C=O) groups is 1. The predicted octanol–water partition coefficient (Wildman–Crippen LogP) is 4.84. The predicted molar refractivity (Wildman–Crippen MR) is 105 cm³/mol. The molecule has 0 aliphatic heterocycles. The highest BCUT2D eigenvalue weighted by Gasteiger charge is 2.30. The fraction of sp³-hybridized carbons (Fsp3) is 0.238. The highest BCUT2D eigenvalue weighted by Crippen LogP contribution is 2.31. The molecule has 0 spiro atoms. The summed E-state index contributed by atoms with van der Waals surface area (Å²) in [5, 5.41) is 12.6. The fourth-order valence-corrected chi connectivity index (χ4v) is 2.92. The van der Waals surface area contributed by atoms with Crippen molar-refractivity contribution in [2.45, 2.75) is 25.9 Å². The van der Waals surface area contributed by atoms with Crippen LogP contribution in [0.25, 0.3) is 0 Å². The Hall–Kier alpha value is -3.29. The number of halogens is 3. The number of alkyl halides is 3. The number of anilines is 2. The molecule has 1 heterocycles. The average molecular weight is 402 g/mol. The molecule has 0 atom stereocenters. The lowest BCUT2D eigenvalue weighted by atomic mass is 10.1. The van der Waals surface area contributed by atoms with E-state index in [4.69, 9.17) is 0 Å². The molecular formula is C21H21F3N4O. The highest BCUT2D eigenvalue weighted by atomic mass is 19.4. The van der Waals surface area contributed by atoms with Gasteiger partial charge in [0.2, 0.25) is 0 Å². The standard InChI is InChI=1S/C21H21F3N4O/c1-14-15(13-26-28-14)6-5-11-25-20(29)18-9-2-3-10-19(18)27-17-8-4-7-16(12-17)21(22,23)24/h2-4,7-10,12-13,27H,5-6,11H2,1H3,(H,25,29)(H,26,28). The lowest BCUT2D eigenvalue weighted by molar-refractivity contribution is -0.137. The van der Waals surface area contributed by atoms with Gasteiger partial charge < -0.3 is 10.6 Å². The van der Waals surface area contributed by atoms with Crippen LogP contribution in [0.3, 0.4) is 0 Å². The maximum atomic E-state index is 12.9. The lowest BCUT2D eigenvalue weighted by Crippen LogP contribution is -2.25. The van der Waals surface area contributed by atoms with Crippen LogP contribution in [0.1, 0.15) is 33.6 Å². The van der Waals surface area contributed by atoms with E-state index in [1.54, 1.807) is 30.5 Å². The lowest BCUT2D eigenvalue weighted by Gasteiger charge is -2.14. The van der Waals surface area contributed by atoms with Gasteiger partial charge in [-0.2, -0.15) is 18.3 Å². The second-order valence-corrected chi connectivity index (χ2v) is 6.63. The van der Waals surface area contributed by atoms with Gasteiger partial charge in [0.05, 0.1) is 23.0 Å². The molecule has 0 aliphatic rings. The zero-order valence-corrected chi connectivity index (χ0v) is 15.8. The van der Waals surface area contributed by atoms with Crippen molar-refractivity contribution >= 4 is 17.3 Å². The van der Waals surface area contributed by atoms with Gasteiger partial charge in [0.1, 0.15) is 0 Å². The Morgan fingerprint density at radius 1 is 1.14 bits per heavy atom. The molecular weight excluding hydrogens is 381 g/mol. The third kappa shape index (κ3) is 5.37. The molecule has 0 fully saturated rings. The van der Waals surface area contributed by atoms with Crippen molar-refractivity contribution in [3.8, 4) is 0 Å². The van der Waals surface area contributed by atoms with Gasteiger partial charge in [0, 0.05) is 17.9 Å². The second kappa shape index (κ2) is 8.81. The first-order valence-electron chi connectivity index (χ1n) is 9.15. The van der Waals surface area contributed by atoms with Crippen molar-refractivity contribution in [1.29, 1.82) is 0 Å². The summed E-state index contributed by atoms with van der Waals surface area (Å²) in [5.41, 5.74) is 2.42. The van der Waals surface area contributed by atoms with E-state index in [9.17, 15) is 18.0 Å². The quantitative estimate of drug-likeness (QED) is 0.495. The van der Waals surface area contributed by atoms with Gasteiger partial charge in [0.25, 0.3) is 5.91 Å². The number of H-pyrrole nitrogens is 1. The number of nitrogens with zero attached hydrogens (tertiary/aromatic N) is 1. The maximum Gasteiger partial charge on any atom is 0.416 e. The van der Waals surface area contributed by atoms with E-state index in [0.717, 1.165) is 36.2 Å². The van der Waals surface area contributed by atoms with E-state index < -0.39 is 11.7 Å². The first-order chi connectivity index (χ1) is 13.8. The third-order valence-electron chi connectivity index (χ3n) is 4.48. The van der Waals surface area contributed by atoms with Crippen molar-refractivity contribution in [2.24, 2.45) is 0 Å². The van der Waals surface area contributed by atoms with Crippen LogP contribution in [0.15, 0.2) is 54.7 Å². The van der Waals surface area contributed by atoms with Gasteiger partial charge in [-0.3, -0.25) is 9.89 Å². The van der Waals surface area contributed by atoms with Gasteiger partial charge in [-0.25, -0.2) is 0 Å². The molecule has 0 saturated carbocycles. The Kier molecular flexibility index (Phi) is 6.21. The van der Waals surface area contributed by atoms with Crippen LogP contribution in [0.2, 0.25) is 0 Å². The average Bonchev–Trinajstić information content (AvgIpc) is 3.10. The molecule has 5 nitrogen and oxygen atoms in total. The van der Waals surface area contributed by atoms with E-state index in [0.29, 0.717) is 17.8 Å². The molecule has 0 aliphatic carbocycles. The van der Waals surface area contributed by atoms with Gasteiger partial charge >= 0.3 is 6.18 Å². The van der Waals surface area contributed by atoms with Crippen LogP contribution >= 0.6 is 0 Å². The summed E-state index contributed by atoms with van der Waals surface area (Å²) < 4.78 is 38.7. The number of nitrogens with one attached hydrogen (secondary N) is 3. The Labute approximate surface area is 166 Å². The number of aryl methyl sites for hydroxylation is 2. The molecule has 0 radical (unpaired) electrons. The van der Waals surface area contributed by atoms with Crippen LogP contribution < -0.4 is 10.6 Å². The molecule has 1 amide bonds. The molecule has 0 bridgehead atoms. The minimum absolute atomic E-state index is 0.260. The van der Waals surface area contributed by atoms with Crippen molar-refractivity contribution in [1.82, 2.24) is 15.5 Å². The number of rotatable bonds is 7. The molecule has 29 heavy (non-hydrogen) atoms. The molecule has 3 aromatic rings. The molecule has 2 aromatic carbocycles. The Bertz CT molecular complexity index is 982. The van der Waals surface area contributed by atoms with Gasteiger partial charge in [-0.1, -0.05) is 18.2 Å². The van der Waals surface area contributed by atoms with E-state index >= 15 is 0 Å². The van der Waals surface area contributed by atoms with Crippen molar-refractivity contribution < 1.29 is 18.0 Å². The van der Waals surface area contributed by atoms with Gasteiger partial charge in [-0.05, 0) is 55.7 Å². The van der Waals surface area contributed by atoms with Crippen LogP contribution in [0.5, 0.6) is 0 Å². The highest BCUT2D eigenvalue weighted by molar-refractivity contribution is 6.00. The van der Waals surface area contributed by atoms with Gasteiger partial charge in [0.15, 0.2) is 0 Å². The Morgan fingerprint density at radius 3 is 2.66 bits per heavy atom. The normalized spacial score (nSPS) is 11.3. The number of carbonyl (C=O) groups excluding carboxylic acids is 1. The first kappa shape index (κ1) is 20.4. The van der Waals surface area contributed by atoms with E-state index in [1.807, 2.05) is 6.92 Å². The van der Waals surface area contributed by atoms with Crippen molar-refractivity contribution in [2.75, 3.05) is 11.9 Å². The zero-order valence-electron chi connectivity index (χ0n) is 15.8.